The number of carbonyl (C=O) groups is 2. The standard InChI is InChI=1S/C21H20O6/c1-24-18(22)21(19(23)25-2)20(16-11-7-6-10-15(16)13-26-20)12-17(27-21)14-8-4-3-5-9-14/h3-11,17H,12-13H2,1-2H3/t17-,20+/m1/s1. The van der Waals surface area contributed by atoms with Gasteiger partial charge in [0.2, 0.25) is 0 Å². The first kappa shape index (κ1) is 17.7. The number of carbonyl (C=O) groups excluding carboxylic acids is 2. The zero-order chi connectivity index (χ0) is 19.1. The Hall–Kier alpha value is -2.70. The second-order valence-electron chi connectivity index (χ2n) is 6.66. The van der Waals surface area contributed by atoms with Crippen LogP contribution in [0.1, 0.15) is 29.2 Å². The summed E-state index contributed by atoms with van der Waals surface area (Å²) < 4.78 is 22.3. The third-order valence-electron chi connectivity index (χ3n) is 5.40. The molecule has 2 heterocycles. The van der Waals surface area contributed by atoms with Crippen molar-refractivity contribution < 1.29 is 28.5 Å². The number of benzene rings is 2. The van der Waals surface area contributed by atoms with E-state index in [1.54, 1.807) is 0 Å². The highest BCUT2D eigenvalue weighted by atomic mass is 16.6. The van der Waals surface area contributed by atoms with E-state index in [1.807, 2.05) is 54.6 Å². The van der Waals surface area contributed by atoms with Crippen molar-refractivity contribution in [1.82, 2.24) is 0 Å². The fourth-order valence-corrected chi connectivity index (χ4v) is 4.18. The van der Waals surface area contributed by atoms with Crippen molar-refractivity contribution in [3.8, 4) is 0 Å². The molecule has 6 nitrogen and oxygen atoms in total. The molecule has 2 aromatic carbocycles. The van der Waals surface area contributed by atoms with E-state index in [1.165, 1.54) is 14.2 Å². The Morgan fingerprint density at radius 3 is 2.26 bits per heavy atom. The topological polar surface area (TPSA) is 71.1 Å². The van der Waals surface area contributed by atoms with Crippen molar-refractivity contribution in [3.05, 3.63) is 71.3 Å². The van der Waals surface area contributed by atoms with Crippen LogP contribution in [0.4, 0.5) is 0 Å². The quantitative estimate of drug-likeness (QED) is 0.613. The number of ether oxygens (including phenoxy) is 4. The molecule has 2 aliphatic heterocycles. The molecule has 0 aliphatic carbocycles. The number of methoxy groups -OCH3 is 2. The molecule has 0 saturated carbocycles. The molecule has 2 aromatic rings. The van der Waals surface area contributed by atoms with Gasteiger partial charge in [-0.1, -0.05) is 54.6 Å². The molecular formula is C21H20O6. The van der Waals surface area contributed by atoms with Gasteiger partial charge in [-0.15, -0.1) is 0 Å². The highest BCUT2D eigenvalue weighted by Crippen LogP contribution is 2.58. The van der Waals surface area contributed by atoms with Crippen LogP contribution >= 0.6 is 0 Å². The second kappa shape index (κ2) is 6.48. The summed E-state index contributed by atoms with van der Waals surface area (Å²) in [4.78, 5) is 25.9. The zero-order valence-corrected chi connectivity index (χ0v) is 15.1. The third kappa shape index (κ3) is 2.33. The number of esters is 2. The predicted octanol–water partition coefficient (Wildman–Crippen LogP) is 2.66. The van der Waals surface area contributed by atoms with Crippen molar-refractivity contribution >= 4 is 11.9 Å². The SMILES string of the molecule is COC(=O)C1(C(=O)OC)O[C@@H](c2ccccc2)C[C@@]12OCc1ccccc12. The van der Waals surface area contributed by atoms with Crippen LogP contribution in [0, 0.1) is 0 Å². The first-order valence-electron chi connectivity index (χ1n) is 8.71. The Morgan fingerprint density at radius 2 is 1.59 bits per heavy atom. The Morgan fingerprint density at radius 1 is 0.963 bits per heavy atom. The fourth-order valence-electron chi connectivity index (χ4n) is 4.18. The average molecular weight is 368 g/mol. The lowest BCUT2D eigenvalue weighted by atomic mass is 9.75. The summed E-state index contributed by atoms with van der Waals surface area (Å²) in [6, 6.07) is 17.0. The summed E-state index contributed by atoms with van der Waals surface area (Å²) in [5.41, 5.74) is -0.848. The molecule has 0 bridgehead atoms. The van der Waals surface area contributed by atoms with Crippen LogP contribution in [0.15, 0.2) is 54.6 Å². The number of hydrogen-bond acceptors (Lipinski definition) is 6. The van der Waals surface area contributed by atoms with Gasteiger partial charge in [0.1, 0.15) is 5.60 Å². The Kier molecular flexibility index (Phi) is 4.25. The minimum absolute atomic E-state index is 0.275. The molecule has 0 unspecified atom stereocenters. The lowest BCUT2D eigenvalue weighted by Crippen LogP contribution is -2.61. The zero-order valence-electron chi connectivity index (χ0n) is 15.1. The van der Waals surface area contributed by atoms with E-state index >= 15 is 0 Å². The van der Waals surface area contributed by atoms with Gasteiger partial charge in [0, 0.05) is 6.42 Å². The Labute approximate surface area is 157 Å². The number of rotatable bonds is 3. The molecule has 140 valence electrons. The lowest BCUT2D eigenvalue weighted by Gasteiger charge is -2.36. The molecule has 1 spiro atoms. The van der Waals surface area contributed by atoms with Gasteiger partial charge in [0.15, 0.2) is 0 Å². The van der Waals surface area contributed by atoms with Crippen molar-refractivity contribution in [2.24, 2.45) is 0 Å². The van der Waals surface area contributed by atoms with Gasteiger partial charge >= 0.3 is 11.9 Å². The van der Waals surface area contributed by atoms with E-state index in [4.69, 9.17) is 18.9 Å². The molecule has 0 N–H and O–H groups in total. The van der Waals surface area contributed by atoms with Crippen molar-refractivity contribution in [3.63, 3.8) is 0 Å². The average Bonchev–Trinajstić information content (AvgIpc) is 3.28. The van der Waals surface area contributed by atoms with Crippen molar-refractivity contribution in [2.75, 3.05) is 14.2 Å². The van der Waals surface area contributed by atoms with E-state index < -0.39 is 29.2 Å². The Bertz CT molecular complexity index is 861. The Balaban J connectivity index is 1.93. The van der Waals surface area contributed by atoms with E-state index in [-0.39, 0.29) is 13.0 Å². The largest absolute Gasteiger partial charge is 0.466 e. The van der Waals surface area contributed by atoms with Crippen molar-refractivity contribution in [1.29, 1.82) is 0 Å². The van der Waals surface area contributed by atoms with E-state index in [9.17, 15) is 9.59 Å². The summed E-state index contributed by atoms with van der Waals surface area (Å²) in [7, 11) is 2.45. The van der Waals surface area contributed by atoms with Crippen LogP contribution in [0.2, 0.25) is 0 Å². The summed E-state index contributed by atoms with van der Waals surface area (Å²) in [6.45, 7) is 0.275. The van der Waals surface area contributed by atoms with Gasteiger partial charge in [-0.3, -0.25) is 0 Å². The maximum atomic E-state index is 13.0. The van der Waals surface area contributed by atoms with Gasteiger partial charge < -0.3 is 18.9 Å². The molecule has 6 heteroatoms. The summed E-state index contributed by atoms with van der Waals surface area (Å²) in [6.07, 6.45) is -0.242. The summed E-state index contributed by atoms with van der Waals surface area (Å²) >= 11 is 0. The lowest BCUT2D eigenvalue weighted by molar-refractivity contribution is -0.213. The number of hydrogen-bond donors (Lipinski definition) is 0. The summed E-state index contributed by atoms with van der Waals surface area (Å²) in [5, 5.41) is 0. The van der Waals surface area contributed by atoms with Crippen LogP contribution in [0.3, 0.4) is 0 Å². The van der Waals surface area contributed by atoms with Gasteiger partial charge in [-0.05, 0) is 16.7 Å². The minimum atomic E-state index is -2.04. The second-order valence-corrected chi connectivity index (χ2v) is 6.66. The van der Waals surface area contributed by atoms with Crippen molar-refractivity contribution in [2.45, 2.75) is 30.3 Å². The molecule has 0 amide bonds. The van der Waals surface area contributed by atoms with Crippen LogP contribution in [0.25, 0.3) is 0 Å². The van der Waals surface area contributed by atoms with Gasteiger partial charge in [0.25, 0.3) is 5.60 Å². The monoisotopic (exact) mass is 368 g/mol. The van der Waals surface area contributed by atoms with Crippen LogP contribution in [-0.4, -0.2) is 31.8 Å². The smallest absolute Gasteiger partial charge is 0.353 e. The fraction of sp³-hybridized carbons (Fsp3) is 0.333. The number of fused-ring (bicyclic) bond motifs is 2. The van der Waals surface area contributed by atoms with Crippen LogP contribution in [-0.2, 0) is 40.7 Å². The maximum absolute atomic E-state index is 13.0. The van der Waals surface area contributed by atoms with Gasteiger partial charge in [-0.2, -0.15) is 0 Å². The highest BCUT2D eigenvalue weighted by Gasteiger charge is 2.74. The van der Waals surface area contributed by atoms with Gasteiger partial charge in [0.05, 0.1) is 26.9 Å². The third-order valence-corrected chi connectivity index (χ3v) is 5.40. The summed E-state index contributed by atoms with van der Waals surface area (Å²) in [5.74, 6) is -1.66. The highest BCUT2D eigenvalue weighted by molar-refractivity contribution is 6.06. The molecule has 27 heavy (non-hydrogen) atoms. The molecule has 1 saturated heterocycles. The minimum Gasteiger partial charge on any atom is -0.466 e. The van der Waals surface area contributed by atoms with E-state index in [0.29, 0.717) is 0 Å². The van der Waals surface area contributed by atoms with Gasteiger partial charge in [-0.25, -0.2) is 9.59 Å². The molecule has 2 aliphatic rings. The van der Waals surface area contributed by atoms with Crippen LogP contribution < -0.4 is 0 Å². The molecule has 0 radical (unpaired) electrons. The molecular weight excluding hydrogens is 348 g/mol. The maximum Gasteiger partial charge on any atom is 0.353 e. The molecule has 1 fully saturated rings. The predicted molar refractivity (Wildman–Crippen MR) is 94.6 cm³/mol. The van der Waals surface area contributed by atoms with E-state index in [0.717, 1.165) is 16.7 Å². The first-order valence-corrected chi connectivity index (χ1v) is 8.71. The molecule has 0 aromatic heterocycles. The first-order chi connectivity index (χ1) is 13.1. The normalized spacial score (nSPS) is 25.2. The molecule has 2 atom stereocenters. The van der Waals surface area contributed by atoms with Crippen LogP contribution in [0.5, 0.6) is 0 Å². The van der Waals surface area contributed by atoms with E-state index in [2.05, 4.69) is 0 Å². The molecule has 4 rings (SSSR count).